The van der Waals surface area contributed by atoms with Crippen molar-refractivity contribution in [2.75, 3.05) is 5.75 Å². The fourth-order valence-corrected chi connectivity index (χ4v) is 5.71. The smallest absolute Gasteiger partial charge is 0.301 e. The van der Waals surface area contributed by atoms with Gasteiger partial charge in [-0.05, 0) is 46.3 Å². The summed E-state index contributed by atoms with van der Waals surface area (Å²) in [5, 5.41) is 0. The topological polar surface area (TPSA) is 89.0 Å². The summed E-state index contributed by atoms with van der Waals surface area (Å²) in [4.78, 5) is 25.2. The van der Waals surface area contributed by atoms with Gasteiger partial charge < -0.3 is 4.57 Å². The monoisotopic (exact) mass is 428 g/mol. The van der Waals surface area contributed by atoms with E-state index in [1.165, 1.54) is 16.8 Å². The van der Waals surface area contributed by atoms with Crippen molar-refractivity contribution in [3.05, 3.63) is 61.8 Å². The van der Waals surface area contributed by atoms with Crippen LogP contribution in [0.25, 0.3) is 0 Å². The third kappa shape index (κ3) is 5.40. The number of sulfone groups is 1. The summed E-state index contributed by atoms with van der Waals surface area (Å²) in [6.45, 7) is 4.22. The molecule has 0 amide bonds. The second-order valence-electron chi connectivity index (χ2n) is 6.76. The van der Waals surface area contributed by atoms with Crippen LogP contribution in [0.2, 0.25) is 0 Å². The highest BCUT2D eigenvalue weighted by Crippen LogP contribution is 2.30. The van der Waals surface area contributed by atoms with Crippen molar-refractivity contribution in [2.24, 2.45) is 5.41 Å². The van der Waals surface area contributed by atoms with E-state index in [0.717, 1.165) is 0 Å². The minimum absolute atomic E-state index is 0.0170. The molecular weight excluding hydrogens is 408 g/mol. The first-order valence-corrected chi connectivity index (χ1v) is 10.3. The molecular formula is C17H21BrN2O4S. The lowest BCUT2D eigenvalue weighted by molar-refractivity contribution is 0.352. The van der Waals surface area contributed by atoms with Crippen LogP contribution in [0.3, 0.4) is 0 Å². The zero-order valence-electron chi connectivity index (χ0n) is 14.2. The fraction of sp³-hybridized carbons (Fsp3) is 0.412. The average Bonchev–Trinajstić information content (AvgIpc) is 2.48. The summed E-state index contributed by atoms with van der Waals surface area (Å²) in [5.74, 6) is 0.0170. The number of aromatic amines is 1. The maximum Gasteiger partial charge on any atom is 0.328 e. The largest absolute Gasteiger partial charge is 0.328 e. The molecule has 0 spiro atoms. The Kier molecular flexibility index (Phi) is 6.05. The minimum Gasteiger partial charge on any atom is -0.301 e. The molecule has 0 unspecified atom stereocenters. The molecule has 0 radical (unpaired) electrons. The molecule has 1 aromatic heterocycles. The van der Waals surface area contributed by atoms with Crippen LogP contribution < -0.4 is 11.2 Å². The lowest BCUT2D eigenvalue weighted by atomic mass is 9.90. The van der Waals surface area contributed by atoms with E-state index >= 15 is 0 Å². The molecule has 0 aliphatic heterocycles. The zero-order chi connectivity index (χ0) is 18.7. The summed E-state index contributed by atoms with van der Waals surface area (Å²) < 4.78 is 27.3. The molecule has 1 heterocycles. The van der Waals surface area contributed by atoms with Crippen molar-refractivity contribution in [3.8, 4) is 0 Å². The fourth-order valence-electron chi connectivity index (χ4n) is 2.71. The molecule has 0 fully saturated rings. The molecule has 1 N–H and O–H groups in total. The van der Waals surface area contributed by atoms with Crippen LogP contribution >= 0.6 is 15.9 Å². The van der Waals surface area contributed by atoms with E-state index in [1.54, 1.807) is 24.3 Å². The first kappa shape index (κ1) is 19.7. The van der Waals surface area contributed by atoms with E-state index in [2.05, 4.69) is 20.9 Å². The van der Waals surface area contributed by atoms with Crippen LogP contribution in [-0.4, -0.2) is 23.7 Å². The van der Waals surface area contributed by atoms with Crippen LogP contribution in [0.5, 0.6) is 0 Å². The predicted molar refractivity (Wildman–Crippen MR) is 101 cm³/mol. The van der Waals surface area contributed by atoms with Crippen LogP contribution in [0.4, 0.5) is 0 Å². The maximum atomic E-state index is 12.7. The van der Waals surface area contributed by atoms with Gasteiger partial charge in [-0.2, -0.15) is 0 Å². The first-order valence-electron chi connectivity index (χ1n) is 7.88. The van der Waals surface area contributed by atoms with Gasteiger partial charge >= 0.3 is 5.69 Å². The molecule has 0 saturated heterocycles. The maximum absolute atomic E-state index is 12.7. The number of nitrogens with zero attached hydrogens (tertiary/aromatic N) is 1. The van der Waals surface area contributed by atoms with Gasteiger partial charge in [-0.1, -0.05) is 26.0 Å². The zero-order valence-corrected chi connectivity index (χ0v) is 16.6. The highest BCUT2D eigenvalue weighted by Gasteiger charge is 2.28. The summed E-state index contributed by atoms with van der Waals surface area (Å²) in [7, 11) is -3.42. The van der Waals surface area contributed by atoms with E-state index in [0.29, 0.717) is 28.8 Å². The Morgan fingerprint density at radius 1 is 1.16 bits per heavy atom. The lowest BCUT2D eigenvalue weighted by Crippen LogP contribution is -2.29. The number of aryl methyl sites for hydroxylation is 1. The van der Waals surface area contributed by atoms with E-state index in [1.807, 2.05) is 13.8 Å². The van der Waals surface area contributed by atoms with Gasteiger partial charge in [0.25, 0.3) is 5.56 Å². The van der Waals surface area contributed by atoms with Gasteiger partial charge in [0, 0.05) is 23.3 Å². The van der Waals surface area contributed by atoms with Gasteiger partial charge in [0.05, 0.1) is 10.6 Å². The molecule has 0 saturated carbocycles. The van der Waals surface area contributed by atoms with Crippen LogP contribution in [0.15, 0.2) is 55.5 Å². The van der Waals surface area contributed by atoms with E-state index in [-0.39, 0.29) is 5.75 Å². The summed E-state index contributed by atoms with van der Waals surface area (Å²) in [5.41, 5.74) is -1.33. The number of rotatable bonds is 7. The van der Waals surface area contributed by atoms with Gasteiger partial charge in [-0.25, -0.2) is 13.2 Å². The van der Waals surface area contributed by atoms with Gasteiger partial charge in [-0.3, -0.25) is 9.78 Å². The third-order valence-corrected chi connectivity index (χ3v) is 7.04. The highest BCUT2D eigenvalue weighted by atomic mass is 79.9. The van der Waals surface area contributed by atoms with E-state index in [9.17, 15) is 18.0 Å². The number of hydrogen-bond donors (Lipinski definition) is 1. The van der Waals surface area contributed by atoms with Crippen molar-refractivity contribution in [1.29, 1.82) is 0 Å². The number of hydrogen-bond acceptors (Lipinski definition) is 4. The summed E-state index contributed by atoms with van der Waals surface area (Å²) in [6, 6.07) is 8.07. The molecule has 2 rings (SSSR count). The summed E-state index contributed by atoms with van der Waals surface area (Å²) in [6.07, 6.45) is 2.71. The van der Waals surface area contributed by atoms with Crippen LogP contribution in [0.1, 0.15) is 26.7 Å². The summed E-state index contributed by atoms with van der Waals surface area (Å²) >= 11 is 3.29. The SMILES string of the molecule is CC(C)(CCCn1ccc(=O)[nH]c1=O)CS(=O)(=O)c1ccccc1Br. The minimum atomic E-state index is -3.42. The number of benzene rings is 1. The second kappa shape index (κ2) is 7.70. The second-order valence-corrected chi connectivity index (χ2v) is 9.57. The van der Waals surface area contributed by atoms with Gasteiger partial charge in [0.15, 0.2) is 9.84 Å². The predicted octanol–water partition coefficient (Wildman–Crippen LogP) is 2.58. The van der Waals surface area contributed by atoms with E-state index < -0.39 is 26.5 Å². The third-order valence-electron chi connectivity index (χ3n) is 3.90. The number of H-pyrrole nitrogens is 1. The van der Waals surface area contributed by atoms with Gasteiger partial charge in [0.1, 0.15) is 0 Å². The van der Waals surface area contributed by atoms with E-state index in [4.69, 9.17) is 0 Å². The van der Waals surface area contributed by atoms with Gasteiger partial charge in [0.2, 0.25) is 0 Å². The van der Waals surface area contributed by atoms with Crippen molar-refractivity contribution in [1.82, 2.24) is 9.55 Å². The molecule has 8 heteroatoms. The van der Waals surface area contributed by atoms with Crippen molar-refractivity contribution in [3.63, 3.8) is 0 Å². The van der Waals surface area contributed by atoms with Gasteiger partial charge in [-0.15, -0.1) is 0 Å². The highest BCUT2D eigenvalue weighted by molar-refractivity contribution is 9.10. The molecule has 0 bridgehead atoms. The quantitative estimate of drug-likeness (QED) is 0.733. The normalized spacial score (nSPS) is 12.3. The van der Waals surface area contributed by atoms with Crippen molar-refractivity contribution in [2.45, 2.75) is 38.1 Å². The first-order chi connectivity index (χ1) is 11.6. The Balaban J connectivity index is 2.03. The molecule has 25 heavy (non-hydrogen) atoms. The molecule has 2 aromatic rings. The molecule has 0 atom stereocenters. The van der Waals surface area contributed by atoms with Crippen LogP contribution in [0, 0.1) is 5.41 Å². The number of halogens is 1. The van der Waals surface area contributed by atoms with Crippen LogP contribution in [-0.2, 0) is 16.4 Å². The molecule has 1 aromatic carbocycles. The Morgan fingerprint density at radius 2 is 1.84 bits per heavy atom. The lowest BCUT2D eigenvalue weighted by Gasteiger charge is -2.24. The number of aromatic nitrogens is 2. The van der Waals surface area contributed by atoms with Crippen molar-refractivity contribution >= 4 is 25.8 Å². The van der Waals surface area contributed by atoms with Crippen molar-refractivity contribution < 1.29 is 8.42 Å². The Bertz CT molecular complexity index is 961. The Labute approximate surface area is 155 Å². The molecule has 0 aliphatic rings. The molecule has 0 aliphatic carbocycles. The average molecular weight is 429 g/mol. The number of nitrogens with one attached hydrogen (secondary N) is 1. The standard InChI is InChI=1S/C17H21BrN2O4S/c1-17(2,9-5-10-20-11-8-15(21)19-16(20)22)12-25(23,24)14-7-4-3-6-13(14)18/h3-4,6-8,11H,5,9-10,12H2,1-2H3,(H,19,21,22). The Morgan fingerprint density at radius 3 is 2.48 bits per heavy atom. The molecule has 136 valence electrons. The Hall–Kier alpha value is -1.67. The molecule has 6 nitrogen and oxygen atoms in total.